The van der Waals surface area contributed by atoms with Crippen molar-refractivity contribution in [2.75, 3.05) is 13.2 Å². The van der Waals surface area contributed by atoms with Crippen molar-refractivity contribution in [3.05, 3.63) is 53.4 Å². The number of benzene rings is 1. The number of hydrogen-bond donors (Lipinski definition) is 1. The summed E-state index contributed by atoms with van der Waals surface area (Å²) in [5, 5.41) is 3.13. The molecule has 1 saturated heterocycles. The molecule has 1 aliphatic heterocycles. The molecule has 0 aliphatic carbocycles. The molecule has 0 radical (unpaired) electrons. The SMILES string of the molecule is C[C@]1(c2ccco2)NC(=O)N(CCOc2ccccc2Cl)C1=O. The molecule has 0 unspecified atom stereocenters. The minimum absolute atomic E-state index is 0.117. The van der Waals surface area contributed by atoms with E-state index in [1.807, 2.05) is 0 Å². The number of imide groups is 1. The molecule has 2 heterocycles. The number of nitrogens with zero attached hydrogens (tertiary/aromatic N) is 1. The highest BCUT2D eigenvalue weighted by atomic mass is 35.5. The van der Waals surface area contributed by atoms with Crippen LogP contribution in [0.25, 0.3) is 0 Å². The van der Waals surface area contributed by atoms with Crippen LogP contribution in [0.15, 0.2) is 47.1 Å². The van der Waals surface area contributed by atoms with Crippen LogP contribution in [-0.2, 0) is 10.3 Å². The number of halogens is 1. The molecule has 3 amide bonds. The third-order valence-corrected chi connectivity index (χ3v) is 4.01. The van der Waals surface area contributed by atoms with E-state index in [1.165, 1.54) is 6.26 Å². The molecule has 3 rings (SSSR count). The summed E-state index contributed by atoms with van der Waals surface area (Å²) in [6.07, 6.45) is 1.46. The van der Waals surface area contributed by atoms with Gasteiger partial charge in [0.2, 0.25) is 0 Å². The lowest BCUT2D eigenvalue weighted by molar-refractivity contribution is -0.131. The van der Waals surface area contributed by atoms with Crippen LogP contribution in [0.4, 0.5) is 4.79 Å². The van der Waals surface area contributed by atoms with E-state index in [0.717, 1.165) is 4.90 Å². The Balaban J connectivity index is 1.66. The number of ether oxygens (including phenoxy) is 1. The van der Waals surface area contributed by atoms with Crippen LogP contribution in [0.2, 0.25) is 5.02 Å². The molecular formula is C16H15ClN2O4. The maximum absolute atomic E-state index is 12.5. The first kappa shape index (κ1) is 15.4. The van der Waals surface area contributed by atoms with Gasteiger partial charge in [0.05, 0.1) is 17.8 Å². The van der Waals surface area contributed by atoms with Crippen LogP contribution >= 0.6 is 11.6 Å². The van der Waals surface area contributed by atoms with Crippen molar-refractivity contribution < 1.29 is 18.7 Å². The number of nitrogens with one attached hydrogen (secondary N) is 1. The molecule has 1 aromatic carbocycles. The zero-order chi connectivity index (χ0) is 16.4. The van der Waals surface area contributed by atoms with Gasteiger partial charge in [0.25, 0.3) is 5.91 Å². The van der Waals surface area contributed by atoms with E-state index in [1.54, 1.807) is 43.3 Å². The molecule has 23 heavy (non-hydrogen) atoms. The van der Waals surface area contributed by atoms with E-state index >= 15 is 0 Å². The lowest BCUT2D eigenvalue weighted by Crippen LogP contribution is -2.41. The first-order valence-corrected chi connectivity index (χ1v) is 7.45. The summed E-state index contributed by atoms with van der Waals surface area (Å²) in [7, 11) is 0. The van der Waals surface area contributed by atoms with Crippen molar-refractivity contribution in [2.24, 2.45) is 0 Å². The summed E-state index contributed by atoms with van der Waals surface area (Å²) in [4.78, 5) is 25.7. The Hall–Kier alpha value is -2.47. The number of carbonyl (C=O) groups excluding carboxylic acids is 2. The van der Waals surface area contributed by atoms with E-state index in [2.05, 4.69) is 5.32 Å². The Morgan fingerprint density at radius 2 is 2.04 bits per heavy atom. The van der Waals surface area contributed by atoms with Crippen LogP contribution in [0, 0.1) is 0 Å². The standard InChI is InChI=1S/C16H15ClN2O4/c1-16(13-7-4-9-23-13)14(20)19(15(21)18-16)8-10-22-12-6-3-2-5-11(12)17/h2-7,9H,8,10H2,1H3,(H,18,21)/t16-/m1/s1. The Morgan fingerprint density at radius 1 is 1.26 bits per heavy atom. The van der Waals surface area contributed by atoms with Crippen LogP contribution < -0.4 is 10.1 Å². The van der Waals surface area contributed by atoms with Crippen molar-refractivity contribution >= 4 is 23.5 Å². The molecule has 1 fully saturated rings. The minimum atomic E-state index is -1.19. The number of urea groups is 1. The second-order valence-electron chi connectivity index (χ2n) is 5.27. The van der Waals surface area contributed by atoms with Crippen LogP contribution in [0.1, 0.15) is 12.7 Å². The summed E-state index contributed by atoms with van der Waals surface area (Å²) in [6.45, 7) is 1.88. The predicted octanol–water partition coefficient (Wildman–Crippen LogP) is 2.78. The summed E-state index contributed by atoms with van der Waals surface area (Å²) in [6, 6.07) is 9.87. The molecule has 1 atom stereocenters. The second kappa shape index (κ2) is 5.96. The van der Waals surface area contributed by atoms with E-state index in [4.69, 9.17) is 20.8 Å². The predicted molar refractivity (Wildman–Crippen MR) is 83.3 cm³/mol. The van der Waals surface area contributed by atoms with E-state index in [0.29, 0.717) is 16.5 Å². The Morgan fingerprint density at radius 3 is 2.74 bits per heavy atom. The van der Waals surface area contributed by atoms with Crippen LogP contribution in [0.5, 0.6) is 5.75 Å². The summed E-state index contributed by atoms with van der Waals surface area (Å²) in [5.74, 6) is 0.528. The number of para-hydroxylation sites is 1. The highest BCUT2D eigenvalue weighted by molar-refractivity contribution is 6.32. The molecular weight excluding hydrogens is 320 g/mol. The third kappa shape index (κ3) is 2.77. The van der Waals surface area contributed by atoms with Gasteiger partial charge in [-0.05, 0) is 31.2 Å². The zero-order valence-electron chi connectivity index (χ0n) is 12.4. The number of hydrogen-bond acceptors (Lipinski definition) is 4. The van der Waals surface area contributed by atoms with Gasteiger partial charge < -0.3 is 14.5 Å². The molecule has 1 aliphatic rings. The fourth-order valence-electron chi connectivity index (χ4n) is 2.44. The van der Waals surface area contributed by atoms with Crippen molar-refractivity contribution in [3.63, 3.8) is 0 Å². The van der Waals surface area contributed by atoms with Crippen LogP contribution in [0.3, 0.4) is 0 Å². The van der Waals surface area contributed by atoms with E-state index in [9.17, 15) is 9.59 Å². The largest absolute Gasteiger partial charge is 0.490 e. The molecule has 2 aromatic rings. The highest BCUT2D eigenvalue weighted by Gasteiger charge is 2.50. The second-order valence-corrected chi connectivity index (χ2v) is 5.68. The molecule has 0 spiro atoms. The quantitative estimate of drug-likeness (QED) is 0.853. The van der Waals surface area contributed by atoms with Gasteiger partial charge in [0.1, 0.15) is 18.1 Å². The van der Waals surface area contributed by atoms with Gasteiger partial charge in [0, 0.05) is 0 Å². The van der Waals surface area contributed by atoms with E-state index < -0.39 is 11.6 Å². The Bertz CT molecular complexity index is 731. The lowest BCUT2D eigenvalue weighted by atomic mass is 9.99. The summed E-state index contributed by atoms with van der Waals surface area (Å²) >= 11 is 5.99. The topological polar surface area (TPSA) is 71.8 Å². The molecule has 120 valence electrons. The van der Waals surface area contributed by atoms with Gasteiger partial charge in [-0.2, -0.15) is 0 Å². The first-order valence-electron chi connectivity index (χ1n) is 7.08. The molecule has 7 heteroatoms. The van der Waals surface area contributed by atoms with Gasteiger partial charge in [-0.25, -0.2) is 4.79 Å². The number of amides is 3. The summed E-state index contributed by atoms with van der Waals surface area (Å²) < 4.78 is 10.8. The van der Waals surface area contributed by atoms with E-state index in [-0.39, 0.29) is 19.1 Å². The minimum Gasteiger partial charge on any atom is -0.490 e. The fraction of sp³-hybridized carbons (Fsp3) is 0.250. The molecule has 1 N–H and O–H groups in total. The third-order valence-electron chi connectivity index (χ3n) is 3.70. The maximum Gasteiger partial charge on any atom is 0.325 e. The van der Waals surface area contributed by atoms with Gasteiger partial charge in [-0.15, -0.1) is 0 Å². The molecule has 1 aromatic heterocycles. The lowest BCUT2D eigenvalue weighted by Gasteiger charge is -2.19. The van der Waals surface area contributed by atoms with Crippen molar-refractivity contribution in [3.8, 4) is 5.75 Å². The molecule has 6 nitrogen and oxygen atoms in total. The van der Waals surface area contributed by atoms with Gasteiger partial charge in [-0.3, -0.25) is 9.69 Å². The first-order chi connectivity index (χ1) is 11.0. The number of carbonyl (C=O) groups is 2. The van der Waals surface area contributed by atoms with Crippen LogP contribution in [-0.4, -0.2) is 30.0 Å². The maximum atomic E-state index is 12.5. The van der Waals surface area contributed by atoms with Crippen molar-refractivity contribution in [1.29, 1.82) is 0 Å². The Labute approximate surface area is 138 Å². The zero-order valence-corrected chi connectivity index (χ0v) is 13.2. The average molecular weight is 335 g/mol. The Kier molecular flexibility index (Phi) is 4.00. The average Bonchev–Trinajstić information content (AvgIpc) is 3.13. The van der Waals surface area contributed by atoms with Crippen molar-refractivity contribution in [2.45, 2.75) is 12.5 Å². The number of rotatable bonds is 5. The number of furan rings is 1. The fourth-order valence-corrected chi connectivity index (χ4v) is 2.63. The molecule has 0 bridgehead atoms. The highest BCUT2D eigenvalue weighted by Crippen LogP contribution is 2.29. The smallest absolute Gasteiger partial charge is 0.325 e. The van der Waals surface area contributed by atoms with Gasteiger partial charge >= 0.3 is 6.03 Å². The molecule has 0 saturated carbocycles. The monoisotopic (exact) mass is 334 g/mol. The van der Waals surface area contributed by atoms with Gasteiger partial charge in [0.15, 0.2) is 5.54 Å². The van der Waals surface area contributed by atoms with Gasteiger partial charge in [-0.1, -0.05) is 23.7 Å². The normalized spacial score (nSPS) is 20.7. The van der Waals surface area contributed by atoms with Crippen molar-refractivity contribution in [1.82, 2.24) is 10.2 Å². The summed E-state index contributed by atoms with van der Waals surface area (Å²) in [5.41, 5.74) is -1.19.